The molecule has 0 aliphatic carbocycles. The van der Waals surface area contributed by atoms with Crippen LogP contribution in [0.15, 0.2) is 36.7 Å². The maximum Gasteiger partial charge on any atom is 0.322 e. The first-order valence-corrected chi connectivity index (χ1v) is 7.85. The van der Waals surface area contributed by atoms with E-state index in [2.05, 4.69) is 20.6 Å². The van der Waals surface area contributed by atoms with Crippen molar-refractivity contribution < 1.29 is 9.59 Å². The fourth-order valence-electron chi connectivity index (χ4n) is 2.52. The second-order valence-electron chi connectivity index (χ2n) is 5.62. The molecule has 1 aromatic heterocycles. The predicted molar refractivity (Wildman–Crippen MR) is 90.5 cm³/mol. The first kappa shape index (κ1) is 15.9. The van der Waals surface area contributed by atoms with Gasteiger partial charge in [0.05, 0.1) is 24.6 Å². The van der Waals surface area contributed by atoms with Crippen molar-refractivity contribution in [2.45, 2.75) is 32.9 Å². The summed E-state index contributed by atoms with van der Waals surface area (Å²) in [6, 6.07) is 6.52. The Kier molecular flexibility index (Phi) is 4.41. The number of aryl methyl sites for hydroxylation is 1. The molecule has 0 saturated carbocycles. The second kappa shape index (κ2) is 6.66. The lowest BCUT2D eigenvalue weighted by atomic mass is 10.1. The highest BCUT2D eigenvalue weighted by atomic mass is 16.2. The summed E-state index contributed by atoms with van der Waals surface area (Å²) in [4.78, 5) is 34.7. The highest BCUT2D eigenvalue weighted by Crippen LogP contribution is 2.23. The Morgan fingerprint density at radius 2 is 2.04 bits per heavy atom. The van der Waals surface area contributed by atoms with E-state index < -0.39 is 6.04 Å². The van der Waals surface area contributed by atoms with Crippen molar-refractivity contribution in [1.82, 2.24) is 14.9 Å². The topological polar surface area (TPSA) is 87.2 Å². The van der Waals surface area contributed by atoms with Gasteiger partial charge in [-0.2, -0.15) is 0 Å². The van der Waals surface area contributed by atoms with Gasteiger partial charge in [-0.3, -0.25) is 4.79 Å². The Bertz CT molecular complexity index is 760. The van der Waals surface area contributed by atoms with E-state index in [9.17, 15) is 9.59 Å². The van der Waals surface area contributed by atoms with Crippen LogP contribution in [0.2, 0.25) is 0 Å². The maximum atomic E-state index is 12.6. The Labute approximate surface area is 140 Å². The highest BCUT2D eigenvalue weighted by molar-refractivity contribution is 6.00. The number of anilines is 2. The van der Waals surface area contributed by atoms with Gasteiger partial charge in [-0.1, -0.05) is 25.1 Å². The van der Waals surface area contributed by atoms with Gasteiger partial charge in [-0.25, -0.2) is 14.8 Å². The summed E-state index contributed by atoms with van der Waals surface area (Å²) in [5.41, 5.74) is 2.13. The molecule has 2 heterocycles. The molecule has 1 aromatic carbocycles. The third-order valence-corrected chi connectivity index (χ3v) is 4.00. The average Bonchev–Trinajstić information content (AvgIpc) is 2.72. The van der Waals surface area contributed by atoms with Crippen LogP contribution in [0.25, 0.3) is 0 Å². The molecule has 24 heavy (non-hydrogen) atoms. The molecule has 1 atom stereocenters. The number of para-hydroxylation sites is 1. The summed E-state index contributed by atoms with van der Waals surface area (Å²) in [6.07, 6.45) is 3.87. The summed E-state index contributed by atoms with van der Waals surface area (Å²) in [7, 11) is 0. The van der Waals surface area contributed by atoms with Gasteiger partial charge in [0.1, 0.15) is 11.9 Å². The van der Waals surface area contributed by atoms with Gasteiger partial charge in [0, 0.05) is 12.1 Å². The minimum atomic E-state index is -0.590. The van der Waals surface area contributed by atoms with Crippen LogP contribution < -0.4 is 10.6 Å². The van der Waals surface area contributed by atoms with E-state index in [1.54, 1.807) is 19.3 Å². The number of carbonyl (C=O) groups excluding carboxylic acids is 2. The van der Waals surface area contributed by atoms with Crippen LogP contribution in [-0.2, 0) is 17.8 Å². The molecule has 3 rings (SSSR count). The van der Waals surface area contributed by atoms with E-state index in [-0.39, 0.29) is 11.9 Å². The SMILES string of the molecule is CCc1ncc(NC(=O)N2Cc3ccccc3NC(=O)C2C)cn1. The summed E-state index contributed by atoms with van der Waals surface area (Å²) in [5.74, 6) is 0.497. The van der Waals surface area contributed by atoms with E-state index in [1.165, 1.54) is 4.90 Å². The lowest BCUT2D eigenvalue weighted by Crippen LogP contribution is -2.45. The number of hydrogen-bond acceptors (Lipinski definition) is 4. The number of nitrogens with one attached hydrogen (secondary N) is 2. The predicted octanol–water partition coefficient (Wildman–Crippen LogP) is 2.41. The Morgan fingerprint density at radius 1 is 1.33 bits per heavy atom. The molecule has 7 nitrogen and oxygen atoms in total. The fourth-order valence-corrected chi connectivity index (χ4v) is 2.52. The molecule has 1 aliphatic rings. The van der Waals surface area contributed by atoms with Gasteiger partial charge in [0.15, 0.2) is 0 Å². The molecule has 0 radical (unpaired) electrons. The smallest absolute Gasteiger partial charge is 0.322 e. The van der Waals surface area contributed by atoms with E-state index in [1.807, 2.05) is 31.2 Å². The lowest BCUT2D eigenvalue weighted by Gasteiger charge is -2.25. The Balaban J connectivity index is 1.80. The highest BCUT2D eigenvalue weighted by Gasteiger charge is 2.30. The molecule has 7 heteroatoms. The third-order valence-electron chi connectivity index (χ3n) is 4.00. The number of fused-ring (bicyclic) bond motifs is 1. The number of carbonyl (C=O) groups is 2. The number of urea groups is 1. The van der Waals surface area contributed by atoms with Crippen LogP contribution in [0.3, 0.4) is 0 Å². The molecule has 2 N–H and O–H groups in total. The molecule has 0 bridgehead atoms. The van der Waals surface area contributed by atoms with Crippen molar-refractivity contribution in [3.63, 3.8) is 0 Å². The first-order chi connectivity index (χ1) is 11.6. The molecule has 3 amide bonds. The monoisotopic (exact) mass is 325 g/mol. The average molecular weight is 325 g/mol. The largest absolute Gasteiger partial charge is 0.324 e. The first-order valence-electron chi connectivity index (χ1n) is 7.85. The summed E-state index contributed by atoms with van der Waals surface area (Å²) >= 11 is 0. The number of amides is 3. The van der Waals surface area contributed by atoms with Crippen LogP contribution in [0.4, 0.5) is 16.2 Å². The van der Waals surface area contributed by atoms with E-state index in [0.717, 1.165) is 17.7 Å². The van der Waals surface area contributed by atoms with Crippen molar-refractivity contribution in [1.29, 1.82) is 0 Å². The third kappa shape index (κ3) is 3.19. The van der Waals surface area contributed by atoms with Crippen LogP contribution in [0.1, 0.15) is 25.2 Å². The van der Waals surface area contributed by atoms with Crippen LogP contribution in [0.5, 0.6) is 0 Å². The van der Waals surface area contributed by atoms with Crippen molar-refractivity contribution in [2.24, 2.45) is 0 Å². The normalized spacial score (nSPS) is 16.8. The van der Waals surface area contributed by atoms with Crippen LogP contribution in [0, 0.1) is 0 Å². The van der Waals surface area contributed by atoms with Crippen LogP contribution in [-0.4, -0.2) is 32.8 Å². The fraction of sp³-hybridized carbons (Fsp3) is 0.294. The van der Waals surface area contributed by atoms with Crippen molar-refractivity contribution in [2.75, 3.05) is 10.6 Å². The molecular formula is C17H19N5O2. The van der Waals surface area contributed by atoms with E-state index in [4.69, 9.17) is 0 Å². The van der Waals surface area contributed by atoms with E-state index in [0.29, 0.717) is 18.1 Å². The van der Waals surface area contributed by atoms with Crippen molar-refractivity contribution in [3.05, 3.63) is 48.0 Å². The number of nitrogens with zero attached hydrogens (tertiary/aromatic N) is 3. The van der Waals surface area contributed by atoms with Crippen molar-refractivity contribution in [3.8, 4) is 0 Å². The number of benzene rings is 1. The minimum absolute atomic E-state index is 0.215. The quantitative estimate of drug-likeness (QED) is 0.887. The number of aromatic nitrogens is 2. The molecule has 124 valence electrons. The summed E-state index contributed by atoms with van der Waals surface area (Å²) in [6.45, 7) is 4.01. The number of rotatable bonds is 2. The molecule has 0 fully saturated rings. The molecule has 1 aliphatic heterocycles. The van der Waals surface area contributed by atoms with Crippen molar-refractivity contribution >= 4 is 23.3 Å². The second-order valence-corrected chi connectivity index (χ2v) is 5.62. The Morgan fingerprint density at radius 3 is 2.75 bits per heavy atom. The van der Waals surface area contributed by atoms with Crippen LogP contribution >= 0.6 is 0 Å². The molecule has 0 spiro atoms. The standard InChI is InChI=1S/C17H19N5O2/c1-3-15-18-8-13(9-19-15)20-17(24)22-10-12-6-4-5-7-14(12)21-16(23)11(22)2/h4-9,11H,3,10H2,1-2H3,(H,20,24)(H,21,23). The summed E-state index contributed by atoms with van der Waals surface area (Å²) in [5, 5.41) is 5.61. The van der Waals surface area contributed by atoms with E-state index >= 15 is 0 Å². The van der Waals surface area contributed by atoms with Gasteiger partial charge in [-0.05, 0) is 18.6 Å². The maximum absolute atomic E-state index is 12.6. The molecule has 1 unspecified atom stereocenters. The molecular weight excluding hydrogens is 306 g/mol. The zero-order chi connectivity index (χ0) is 17.1. The summed E-state index contributed by atoms with van der Waals surface area (Å²) < 4.78 is 0. The zero-order valence-electron chi connectivity index (χ0n) is 13.6. The molecule has 2 aromatic rings. The molecule has 0 saturated heterocycles. The minimum Gasteiger partial charge on any atom is -0.324 e. The van der Waals surface area contributed by atoms with Gasteiger partial charge in [-0.15, -0.1) is 0 Å². The van der Waals surface area contributed by atoms with Gasteiger partial charge in [0.2, 0.25) is 5.91 Å². The zero-order valence-corrected chi connectivity index (χ0v) is 13.6. The van der Waals surface area contributed by atoms with Gasteiger partial charge >= 0.3 is 6.03 Å². The number of hydrogen-bond donors (Lipinski definition) is 2. The van der Waals surface area contributed by atoms with Gasteiger partial charge < -0.3 is 15.5 Å². The Hall–Kier alpha value is -2.96. The lowest BCUT2D eigenvalue weighted by molar-refractivity contribution is -0.119. The van der Waals surface area contributed by atoms with Gasteiger partial charge in [0.25, 0.3) is 0 Å².